The molecule has 0 atom stereocenters. The summed E-state index contributed by atoms with van der Waals surface area (Å²) in [5.41, 5.74) is -0.0445. The molecule has 0 aromatic rings. The summed E-state index contributed by atoms with van der Waals surface area (Å²) in [5.74, 6) is 0. The summed E-state index contributed by atoms with van der Waals surface area (Å²) in [6.07, 6.45) is 0.163. The van der Waals surface area contributed by atoms with Gasteiger partial charge in [-0.2, -0.15) is 0 Å². The molecule has 0 saturated carbocycles. The first-order valence-corrected chi connectivity index (χ1v) is 9.41. The molecule has 0 aliphatic rings. The molecule has 0 aromatic heterocycles. The van der Waals surface area contributed by atoms with Crippen molar-refractivity contribution in [3.05, 3.63) is 0 Å². The van der Waals surface area contributed by atoms with Gasteiger partial charge in [0.25, 0.3) is 5.08 Å². The lowest BCUT2D eigenvalue weighted by Gasteiger charge is -2.33. The molecule has 0 unspecified atom stereocenters. The van der Waals surface area contributed by atoms with E-state index in [1.807, 2.05) is 20.8 Å². The lowest BCUT2D eigenvalue weighted by Crippen LogP contribution is -2.37. The number of hydrogen-bond donors (Lipinski definition) is 5. The van der Waals surface area contributed by atoms with Crippen molar-refractivity contribution in [1.82, 2.24) is 4.90 Å². The molecule has 0 aliphatic carbocycles. The van der Waals surface area contributed by atoms with Gasteiger partial charge in [0.1, 0.15) is 0 Å². The average Bonchev–Trinajstić information content (AvgIpc) is 2.22. The van der Waals surface area contributed by atoms with Crippen LogP contribution in [0.15, 0.2) is 0 Å². The van der Waals surface area contributed by atoms with E-state index in [-0.39, 0.29) is 12.0 Å². The zero-order chi connectivity index (χ0) is 16.4. The van der Waals surface area contributed by atoms with Crippen LogP contribution in [-0.4, -0.2) is 54.8 Å². The Balaban J connectivity index is 4.92. The summed E-state index contributed by atoms with van der Waals surface area (Å²) in [7, 11) is -9.05. The van der Waals surface area contributed by atoms with Crippen molar-refractivity contribution < 1.29 is 33.8 Å². The molecule has 5 N–H and O–H groups in total. The largest absolute Gasteiger partial charge is 0.369 e. The second-order valence-electron chi connectivity index (χ2n) is 5.87. The van der Waals surface area contributed by atoms with Gasteiger partial charge < -0.3 is 29.6 Å². The normalized spacial score (nSPS) is 14.9. The Labute approximate surface area is 119 Å². The van der Waals surface area contributed by atoms with Gasteiger partial charge in [0.05, 0.1) is 0 Å². The van der Waals surface area contributed by atoms with Crippen LogP contribution in [0.1, 0.15) is 33.6 Å². The highest BCUT2D eigenvalue weighted by molar-refractivity contribution is 7.72. The van der Waals surface area contributed by atoms with Gasteiger partial charge in [0.2, 0.25) is 0 Å². The van der Waals surface area contributed by atoms with E-state index in [2.05, 4.69) is 0 Å². The molecule has 10 heteroatoms. The van der Waals surface area contributed by atoms with Crippen LogP contribution in [0.4, 0.5) is 0 Å². The van der Waals surface area contributed by atoms with Crippen molar-refractivity contribution in [2.45, 2.75) is 38.7 Å². The van der Waals surface area contributed by atoms with Gasteiger partial charge in [-0.05, 0) is 18.9 Å². The van der Waals surface area contributed by atoms with Crippen molar-refractivity contribution in [3.8, 4) is 0 Å². The van der Waals surface area contributed by atoms with Crippen molar-refractivity contribution >= 4 is 15.2 Å². The molecule has 0 saturated heterocycles. The maximum Gasteiger partial charge on any atom is 0.369 e. The van der Waals surface area contributed by atoms with E-state index in [4.69, 9.17) is 19.6 Å². The van der Waals surface area contributed by atoms with E-state index < -0.39 is 26.7 Å². The Morgan fingerprint density at radius 2 is 1.45 bits per heavy atom. The highest BCUT2D eigenvalue weighted by Gasteiger charge is 2.58. The molecule has 0 aromatic carbocycles. The van der Waals surface area contributed by atoms with Crippen LogP contribution in [0.5, 0.6) is 0 Å². The van der Waals surface area contributed by atoms with Gasteiger partial charge in [0.15, 0.2) is 0 Å². The Morgan fingerprint density at radius 1 is 1.05 bits per heavy atom. The zero-order valence-corrected chi connectivity index (χ0v) is 14.0. The molecule has 0 rings (SSSR count). The fraction of sp³-hybridized carbons (Fsp3) is 1.00. The molecule has 0 aliphatic heterocycles. The SMILES string of the molecule is CCC(C)(C)CN(C)CCC(O)(P(=O)(O)O)P(=O)(O)O. The minimum atomic E-state index is -5.36. The zero-order valence-electron chi connectivity index (χ0n) is 12.2. The molecule has 0 amide bonds. The number of aliphatic hydroxyl groups is 1. The molecular formula is C10H25NO7P2. The van der Waals surface area contributed by atoms with E-state index in [1.165, 1.54) is 0 Å². The molecule has 0 heterocycles. The van der Waals surface area contributed by atoms with E-state index in [0.717, 1.165) is 6.42 Å². The minimum Gasteiger partial charge on any atom is -0.367 e. The van der Waals surface area contributed by atoms with Crippen LogP contribution in [0, 0.1) is 5.41 Å². The predicted molar refractivity (Wildman–Crippen MR) is 75.2 cm³/mol. The molecule has 0 fully saturated rings. The molecule has 122 valence electrons. The Bertz CT molecular complexity index is 392. The summed E-state index contributed by atoms with van der Waals surface area (Å²) in [5, 5.41) is 6.41. The fourth-order valence-corrected chi connectivity index (χ4v) is 3.86. The maximum atomic E-state index is 11.2. The lowest BCUT2D eigenvalue weighted by atomic mass is 9.90. The van der Waals surface area contributed by atoms with Gasteiger partial charge in [-0.25, -0.2) is 0 Å². The third kappa shape index (κ3) is 5.20. The Kier molecular flexibility index (Phi) is 6.62. The van der Waals surface area contributed by atoms with Crippen LogP contribution in [0.3, 0.4) is 0 Å². The quantitative estimate of drug-likeness (QED) is 0.410. The monoisotopic (exact) mass is 333 g/mol. The van der Waals surface area contributed by atoms with Crippen molar-refractivity contribution in [3.63, 3.8) is 0 Å². The average molecular weight is 333 g/mol. The van der Waals surface area contributed by atoms with Gasteiger partial charge in [0, 0.05) is 19.5 Å². The van der Waals surface area contributed by atoms with Gasteiger partial charge in [-0.1, -0.05) is 20.8 Å². The minimum absolute atomic E-state index is 0.0445. The van der Waals surface area contributed by atoms with E-state index >= 15 is 0 Å². The summed E-state index contributed by atoms with van der Waals surface area (Å²) < 4.78 is 22.4. The molecule has 20 heavy (non-hydrogen) atoms. The molecule has 0 bridgehead atoms. The first kappa shape index (κ1) is 20.2. The second kappa shape index (κ2) is 6.55. The van der Waals surface area contributed by atoms with Crippen LogP contribution in [-0.2, 0) is 9.13 Å². The van der Waals surface area contributed by atoms with Crippen LogP contribution < -0.4 is 0 Å². The number of hydrogen-bond acceptors (Lipinski definition) is 4. The van der Waals surface area contributed by atoms with Crippen LogP contribution in [0.25, 0.3) is 0 Å². The summed E-state index contributed by atoms with van der Waals surface area (Å²) >= 11 is 0. The molecule has 0 radical (unpaired) electrons. The van der Waals surface area contributed by atoms with Gasteiger partial charge >= 0.3 is 15.2 Å². The Hall–Kier alpha value is 0.220. The maximum absolute atomic E-state index is 11.2. The first-order valence-electron chi connectivity index (χ1n) is 6.18. The fourth-order valence-electron chi connectivity index (χ4n) is 1.72. The molecule has 8 nitrogen and oxygen atoms in total. The number of nitrogens with zero attached hydrogens (tertiary/aromatic N) is 1. The standard InChI is InChI=1S/C10H25NO7P2/c1-5-9(2,3)8-11(4)7-6-10(12,19(13,14)15)20(16,17)18/h12H,5-8H2,1-4H3,(H2,13,14,15)(H2,16,17,18). The van der Waals surface area contributed by atoms with E-state index in [1.54, 1.807) is 11.9 Å². The van der Waals surface area contributed by atoms with Crippen molar-refractivity contribution in [1.29, 1.82) is 0 Å². The summed E-state index contributed by atoms with van der Waals surface area (Å²) in [6.45, 7) is 6.52. The third-order valence-electron chi connectivity index (χ3n) is 3.42. The topological polar surface area (TPSA) is 139 Å². The van der Waals surface area contributed by atoms with E-state index in [9.17, 15) is 14.2 Å². The summed E-state index contributed by atoms with van der Waals surface area (Å²) in [6, 6.07) is 0. The molecular weight excluding hydrogens is 308 g/mol. The van der Waals surface area contributed by atoms with Crippen LogP contribution >= 0.6 is 15.2 Å². The van der Waals surface area contributed by atoms with Gasteiger partial charge in [-0.15, -0.1) is 0 Å². The second-order valence-corrected chi connectivity index (χ2v) is 9.88. The highest BCUT2D eigenvalue weighted by atomic mass is 31.2. The van der Waals surface area contributed by atoms with Gasteiger partial charge in [-0.3, -0.25) is 9.13 Å². The summed E-state index contributed by atoms with van der Waals surface area (Å²) in [4.78, 5) is 37.7. The predicted octanol–water partition coefficient (Wildman–Crippen LogP) is 0.746. The lowest BCUT2D eigenvalue weighted by molar-refractivity contribution is 0.105. The Morgan fingerprint density at radius 3 is 1.75 bits per heavy atom. The number of rotatable bonds is 8. The molecule has 0 spiro atoms. The van der Waals surface area contributed by atoms with E-state index in [0.29, 0.717) is 6.54 Å². The third-order valence-corrected chi connectivity index (χ3v) is 7.29. The smallest absolute Gasteiger partial charge is 0.367 e. The van der Waals surface area contributed by atoms with Crippen molar-refractivity contribution in [2.75, 3.05) is 20.1 Å². The van der Waals surface area contributed by atoms with Crippen LogP contribution in [0.2, 0.25) is 0 Å². The first-order chi connectivity index (χ1) is 8.66. The highest BCUT2D eigenvalue weighted by Crippen LogP contribution is 2.68. The van der Waals surface area contributed by atoms with Crippen molar-refractivity contribution in [2.24, 2.45) is 5.41 Å².